The van der Waals surface area contributed by atoms with E-state index in [1.54, 1.807) is 0 Å². The molecule has 0 heterocycles. The van der Waals surface area contributed by atoms with Crippen LogP contribution in [-0.4, -0.2) is 0 Å². The Hall–Kier alpha value is -0.260. The third-order valence-electron chi connectivity index (χ3n) is 1.72. The maximum absolute atomic E-state index is 2.32. The van der Waals surface area contributed by atoms with E-state index in [0.717, 1.165) is 11.8 Å². The van der Waals surface area contributed by atoms with Gasteiger partial charge in [0, 0.05) is 0 Å². The van der Waals surface area contributed by atoms with Crippen LogP contribution in [0.3, 0.4) is 0 Å². The lowest BCUT2D eigenvalue weighted by Crippen LogP contribution is -1.86. The van der Waals surface area contributed by atoms with Crippen molar-refractivity contribution < 1.29 is 0 Å². The van der Waals surface area contributed by atoms with Crippen molar-refractivity contribution in [2.24, 2.45) is 11.8 Å². The molecular formula is C10H20. The minimum absolute atomic E-state index is 0.763. The zero-order valence-corrected chi connectivity index (χ0v) is 7.72. The van der Waals surface area contributed by atoms with Crippen molar-refractivity contribution in [1.29, 1.82) is 0 Å². The Kier molecular flexibility index (Phi) is 5.38. The number of allylic oxidation sites excluding steroid dienone is 2. The van der Waals surface area contributed by atoms with Crippen molar-refractivity contribution in [3.63, 3.8) is 0 Å². The molecule has 0 spiro atoms. The fraction of sp³-hybridized carbons (Fsp3) is 0.800. The fourth-order valence-corrected chi connectivity index (χ4v) is 0.719. The first-order valence-electron chi connectivity index (χ1n) is 4.33. The molecule has 0 amide bonds. The fourth-order valence-electron chi connectivity index (χ4n) is 0.719. The molecule has 0 aromatic heterocycles. The molecule has 0 rings (SSSR count). The molecule has 0 aliphatic carbocycles. The van der Waals surface area contributed by atoms with Gasteiger partial charge in [0.2, 0.25) is 0 Å². The van der Waals surface area contributed by atoms with Crippen molar-refractivity contribution in [3.05, 3.63) is 12.2 Å². The minimum Gasteiger partial charge on any atom is -0.0880 e. The summed E-state index contributed by atoms with van der Waals surface area (Å²) in [5, 5.41) is 0. The Bertz CT molecular complexity index is 90.2. The molecule has 0 N–H and O–H groups in total. The molecule has 0 aliphatic heterocycles. The highest BCUT2D eigenvalue weighted by atomic mass is 14.0. The van der Waals surface area contributed by atoms with E-state index in [2.05, 4.69) is 39.8 Å². The quantitative estimate of drug-likeness (QED) is 0.523. The van der Waals surface area contributed by atoms with Gasteiger partial charge in [-0.2, -0.15) is 0 Å². The lowest BCUT2D eigenvalue weighted by atomic mass is 10.1. The standard InChI is InChI=1S/C10H20/c1-5-10(4)8-6-7-9(2)3/h6,8-10H,5,7H2,1-4H3/b8-6-/t10-/m0/s1. The molecule has 1 atom stereocenters. The second-order valence-electron chi connectivity index (χ2n) is 3.44. The van der Waals surface area contributed by atoms with Crippen LogP contribution in [-0.2, 0) is 0 Å². The van der Waals surface area contributed by atoms with E-state index in [1.807, 2.05) is 0 Å². The second-order valence-corrected chi connectivity index (χ2v) is 3.44. The molecule has 0 radical (unpaired) electrons. The molecular weight excluding hydrogens is 120 g/mol. The highest BCUT2D eigenvalue weighted by Crippen LogP contribution is 2.05. The van der Waals surface area contributed by atoms with Crippen molar-refractivity contribution in [3.8, 4) is 0 Å². The molecule has 0 saturated heterocycles. The van der Waals surface area contributed by atoms with Crippen LogP contribution in [0.5, 0.6) is 0 Å². The lowest BCUT2D eigenvalue weighted by molar-refractivity contribution is 0.648. The molecule has 10 heavy (non-hydrogen) atoms. The Morgan fingerprint density at radius 2 is 1.80 bits per heavy atom. The van der Waals surface area contributed by atoms with Gasteiger partial charge in [0.1, 0.15) is 0 Å². The number of rotatable bonds is 4. The van der Waals surface area contributed by atoms with Crippen LogP contribution < -0.4 is 0 Å². The molecule has 0 aromatic carbocycles. The number of hydrogen-bond acceptors (Lipinski definition) is 0. The predicted octanol–water partition coefficient (Wildman–Crippen LogP) is 3.63. The van der Waals surface area contributed by atoms with E-state index in [1.165, 1.54) is 12.8 Å². The van der Waals surface area contributed by atoms with Crippen LogP contribution in [0.1, 0.15) is 40.5 Å². The van der Waals surface area contributed by atoms with Gasteiger partial charge in [0.05, 0.1) is 0 Å². The number of hydrogen-bond donors (Lipinski definition) is 0. The van der Waals surface area contributed by atoms with Gasteiger partial charge in [-0.15, -0.1) is 0 Å². The van der Waals surface area contributed by atoms with Crippen LogP contribution in [0.2, 0.25) is 0 Å². The molecule has 0 saturated carbocycles. The molecule has 0 heteroatoms. The summed E-state index contributed by atoms with van der Waals surface area (Å²) < 4.78 is 0. The summed E-state index contributed by atoms with van der Waals surface area (Å²) in [5.41, 5.74) is 0. The zero-order chi connectivity index (χ0) is 7.98. The monoisotopic (exact) mass is 140 g/mol. The van der Waals surface area contributed by atoms with E-state index in [4.69, 9.17) is 0 Å². The van der Waals surface area contributed by atoms with E-state index < -0.39 is 0 Å². The SMILES string of the molecule is CC[C@H](C)/C=C\CC(C)C. The zero-order valence-electron chi connectivity index (χ0n) is 7.72. The maximum atomic E-state index is 2.32. The molecule has 60 valence electrons. The van der Waals surface area contributed by atoms with Crippen molar-refractivity contribution in [2.75, 3.05) is 0 Å². The average Bonchev–Trinajstić information content (AvgIpc) is 1.87. The van der Waals surface area contributed by atoms with Gasteiger partial charge >= 0.3 is 0 Å². The Morgan fingerprint density at radius 1 is 1.20 bits per heavy atom. The van der Waals surface area contributed by atoms with Crippen molar-refractivity contribution in [2.45, 2.75) is 40.5 Å². The van der Waals surface area contributed by atoms with Gasteiger partial charge in [0.15, 0.2) is 0 Å². The molecule has 0 nitrogen and oxygen atoms in total. The highest BCUT2D eigenvalue weighted by Gasteiger charge is 1.91. The third-order valence-corrected chi connectivity index (χ3v) is 1.72. The summed E-state index contributed by atoms with van der Waals surface area (Å²) in [7, 11) is 0. The van der Waals surface area contributed by atoms with E-state index in [-0.39, 0.29) is 0 Å². The summed E-state index contributed by atoms with van der Waals surface area (Å²) >= 11 is 0. The van der Waals surface area contributed by atoms with Crippen LogP contribution in [0.25, 0.3) is 0 Å². The molecule has 0 fully saturated rings. The van der Waals surface area contributed by atoms with Gasteiger partial charge in [-0.05, 0) is 18.3 Å². The van der Waals surface area contributed by atoms with Crippen LogP contribution in [0, 0.1) is 11.8 Å². The first-order valence-corrected chi connectivity index (χ1v) is 4.33. The molecule has 0 unspecified atom stereocenters. The van der Waals surface area contributed by atoms with Crippen molar-refractivity contribution in [1.82, 2.24) is 0 Å². The van der Waals surface area contributed by atoms with Gasteiger partial charge in [0.25, 0.3) is 0 Å². The maximum Gasteiger partial charge on any atom is -0.0265 e. The summed E-state index contributed by atoms with van der Waals surface area (Å²) in [4.78, 5) is 0. The largest absolute Gasteiger partial charge is 0.0880 e. The summed E-state index contributed by atoms with van der Waals surface area (Å²) in [6.45, 7) is 8.99. The van der Waals surface area contributed by atoms with Crippen molar-refractivity contribution >= 4 is 0 Å². The van der Waals surface area contributed by atoms with Crippen LogP contribution in [0.15, 0.2) is 12.2 Å². The summed E-state index contributed by atoms with van der Waals surface area (Å²) in [6, 6.07) is 0. The summed E-state index contributed by atoms with van der Waals surface area (Å²) in [6.07, 6.45) is 7.11. The first kappa shape index (κ1) is 9.74. The highest BCUT2D eigenvalue weighted by molar-refractivity contribution is 4.86. The van der Waals surface area contributed by atoms with E-state index in [9.17, 15) is 0 Å². The topological polar surface area (TPSA) is 0 Å². The molecule has 0 bridgehead atoms. The predicted molar refractivity (Wildman–Crippen MR) is 48.1 cm³/mol. The lowest BCUT2D eigenvalue weighted by Gasteiger charge is -2.00. The molecule has 0 aliphatic rings. The normalized spacial score (nSPS) is 14.9. The first-order chi connectivity index (χ1) is 4.66. The summed E-state index contributed by atoms with van der Waals surface area (Å²) in [5.74, 6) is 1.57. The van der Waals surface area contributed by atoms with Gasteiger partial charge in [-0.25, -0.2) is 0 Å². The Labute approximate surface area is 65.3 Å². The van der Waals surface area contributed by atoms with E-state index in [0.29, 0.717) is 0 Å². The van der Waals surface area contributed by atoms with E-state index >= 15 is 0 Å². The second kappa shape index (κ2) is 5.52. The van der Waals surface area contributed by atoms with Gasteiger partial charge in [-0.1, -0.05) is 46.3 Å². The smallest absolute Gasteiger partial charge is 0.0265 e. The average molecular weight is 140 g/mol. The minimum atomic E-state index is 0.763. The Balaban J connectivity index is 3.36. The molecule has 0 aromatic rings. The third kappa shape index (κ3) is 5.87. The van der Waals surface area contributed by atoms with Crippen LogP contribution in [0.4, 0.5) is 0 Å². The van der Waals surface area contributed by atoms with Gasteiger partial charge < -0.3 is 0 Å². The van der Waals surface area contributed by atoms with Crippen LogP contribution >= 0.6 is 0 Å². The Morgan fingerprint density at radius 3 is 2.20 bits per heavy atom. The van der Waals surface area contributed by atoms with Gasteiger partial charge in [-0.3, -0.25) is 0 Å².